The van der Waals surface area contributed by atoms with Crippen LogP contribution < -0.4 is 5.32 Å². The highest BCUT2D eigenvalue weighted by molar-refractivity contribution is 5.20. The largest absolute Gasteiger partial charge is 0.466 e. The maximum atomic E-state index is 5.82. The SMILES string of the molecule is Cc1cc(CNC2CC3CCC2O3)c(C)o1. The van der Waals surface area contributed by atoms with Crippen LogP contribution in [0.4, 0.5) is 0 Å². The van der Waals surface area contributed by atoms with Gasteiger partial charge in [-0.05, 0) is 39.2 Å². The van der Waals surface area contributed by atoms with Crippen molar-refractivity contribution >= 4 is 0 Å². The Morgan fingerprint density at radius 3 is 2.81 bits per heavy atom. The van der Waals surface area contributed by atoms with Gasteiger partial charge in [0.1, 0.15) is 11.5 Å². The fraction of sp³-hybridized carbons (Fsp3) is 0.692. The Balaban J connectivity index is 1.59. The number of nitrogens with one attached hydrogen (secondary N) is 1. The quantitative estimate of drug-likeness (QED) is 0.850. The lowest BCUT2D eigenvalue weighted by molar-refractivity contribution is 0.0972. The van der Waals surface area contributed by atoms with E-state index in [0.29, 0.717) is 18.2 Å². The van der Waals surface area contributed by atoms with Crippen molar-refractivity contribution in [3.63, 3.8) is 0 Å². The third-order valence-electron chi connectivity index (χ3n) is 3.80. The van der Waals surface area contributed by atoms with Crippen molar-refractivity contribution in [2.75, 3.05) is 0 Å². The molecule has 1 aromatic heterocycles. The molecule has 2 fully saturated rings. The van der Waals surface area contributed by atoms with Gasteiger partial charge in [0.05, 0.1) is 12.2 Å². The van der Waals surface area contributed by atoms with Gasteiger partial charge in [0.25, 0.3) is 0 Å². The second kappa shape index (κ2) is 3.90. The lowest BCUT2D eigenvalue weighted by Crippen LogP contribution is -2.37. The van der Waals surface area contributed by atoms with Crippen LogP contribution in [-0.4, -0.2) is 18.2 Å². The number of aryl methyl sites for hydroxylation is 2. The Kier molecular flexibility index (Phi) is 2.52. The summed E-state index contributed by atoms with van der Waals surface area (Å²) >= 11 is 0. The van der Waals surface area contributed by atoms with Gasteiger partial charge in [-0.25, -0.2) is 0 Å². The van der Waals surface area contributed by atoms with E-state index in [2.05, 4.69) is 11.4 Å². The first-order valence-corrected chi connectivity index (χ1v) is 6.17. The molecule has 16 heavy (non-hydrogen) atoms. The fourth-order valence-electron chi connectivity index (χ4n) is 2.95. The van der Waals surface area contributed by atoms with Gasteiger partial charge in [-0.2, -0.15) is 0 Å². The molecule has 0 amide bonds. The molecule has 0 radical (unpaired) electrons. The number of fused-ring (bicyclic) bond motifs is 2. The summed E-state index contributed by atoms with van der Waals surface area (Å²) in [6, 6.07) is 2.67. The van der Waals surface area contributed by atoms with Crippen molar-refractivity contribution in [2.24, 2.45) is 0 Å². The van der Waals surface area contributed by atoms with Gasteiger partial charge in [-0.1, -0.05) is 0 Å². The Labute approximate surface area is 96.2 Å². The van der Waals surface area contributed by atoms with Crippen molar-refractivity contribution in [2.45, 2.75) is 57.9 Å². The fourth-order valence-corrected chi connectivity index (χ4v) is 2.95. The van der Waals surface area contributed by atoms with E-state index in [0.717, 1.165) is 18.1 Å². The van der Waals surface area contributed by atoms with Gasteiger partial charge >= 0.3 is 0 Å². The van der Waals surface area contributed by atoms with E-state index in [9.17, 15) is 0 Å². The molecule has 88 valence electrons. The molecule has 0 spiro atoms. The molecule has 2 aliphatic heterocycles. The van der Waals surface area contributed by atoms with Crippen molar-refractivity contribution in [1.82, 2.24) is 5.32 Å². The van der Waals surface area contributed by atoms with Crippen molar-refractivity contribution in [3.8, 4) is 0 Å². The van der Waals surface area contributed by atoms with Crippen LogP contribution >= 0.6 is 0 Å². The summed E-state index contributed by atoms with van der Waals surface area (Å²) in [7, 11) is 0. The third-order valence-corrected chi connectivity index (χ3v) is 3.80. The molecule has 1 aromatic rings. The molecule has 3 nitrogen and oxygen atoms in total. The van der Waals surface area contributed by atoms with Gasteiger partial charge < -0.3 is 14.5 Å². The Hall–Kier alpha value is -0.800. The van der Waals surface area contributed by atoms with Gasteiger partial charge in [-0.3, -0.25) is 0 Å². The number of furan rings is 1. The minimum atomic E-state index is 0.457. The minimum absolute atomic E-state index is 0.457. The van der Waals surface area contributed by atoms with Gasteiger partial charge in [0.15, 0.2) is 0 Å². The summed E-state index contributed by atoms with van der Waals surface area (Å²) in [4.78, 5) is 0. The van der Waals surface area contributed by atoms with E-state index in [1.54, 1.807) is 0 Å². The van der Waals surface area contributed by atoms with Crippen LogP contribution in [0.2, 0.25) is 0 Å². The van der Waals surface area contributed by atoms with Crippen LogP contribution in [0.1, 0.15) is 36.3 Å². The van der Waals surface area contributed by atoms with E-state index in [4.69, 9.17) is 9.15 Å². The predicted molar refractivity (Wildman–Crippen MR) is 61.3 cm³/mol. The zero-order valence-electron chi connectivity index (χ0n) is 9.95. The van der Waals surface area contributed by atoms with E-state index in [1.807, 2.05) is 13.8 Å². The summed E-state index contributed by atoms with van der Waals surface area (Å²) in [6.45, 7) is 4.93. The lowest BCUT2D eigenvalue weighted by Gasteiger charge is -2.19. The van der Waals surface area contributed by atoms with Crippen LogP contribution in [0.25, 0.3) is 0 Å². The Morgan fingerprint density at radius 2 is 2.25 bits per heavy atom. The Morgan fingerprint density at radius 1 is 1.38 bits per heavy atom. The second-order valence-corrected chi connectivity index (χ2v) is 5.04. The van der Waals surface area contributed by atoms with Gasteiger partial charge in [0.2, 0.25) is 0 Å². The highest BCUT2D eigenvalue weighted by atomic mass is 16.5. The summed E-state index contributed by atoms with van der Waals surface area (Å²) in [5, 5.41) is 3.60. The molecular formula is C13H19NO2. The average Bonchev–Trinajstić information content (AvgIpc) is 2.91. The summed E-state index contributed by atoms with van der Waals surface area (Å²) in [6.07, 6.45) is 4.65. The maximum absolute atomic E-state index is 5.82. The molecule has 3 heterocycles. The first-order chi connectivity index (χ1) is 7.72. The predicted octanol–water partition coefficient (Wildman–Crippen LogP) is 2.31. The first kappa shape index (κ1) is 10.4. The molecule has 2 saturated heterocycles. The first-order valence-electron chi connectivity index (χ1n) is 6.17. The van der Waals surface area contributed by atoms with Crippen LogP contribution in [-0.2, 0) is 11.3 Å². The molecule has 3 rings (SSSR count). The molecule has 2 bridgehead atoms. The number of hydrogen-bond acceptors (Lipinski definition) is 3. The monoisotopic (exact) mass is 221 g/mol. The molecule has 0 aliphatic carbocycles. The van der Waals surface area contributed by atoms with E-state index in [-0.39, 0.29) is 0 Å². The maximum Gasteiger partial charge on any atom is 0.105 e. The standard InChI is InChI=1S/C13H19NO2/c1-8-5-10(9(2)15-8)7-14-12-6-11-3-4-13(12)16-11/h5,11-14H,3-4,6-7H2,1-2H3. The summed E-state index contributed by atoms with van der Waals surface area (Å²) in [5.74, 6) is 2.03. The zero-order chi connectivity index (χ0) is 11.1. The molecule has 3 atom stereocenters. The topological polar surface area (TPSA) is 34.4 Å². The van der Waals surface area contributed by atoms with Crippen LogP contribution in [0.3, 0.4) is 0 Å². The highest BCUT2D eigenvalue weighted by Gasteiger charge is 2.40. The average molecular weight is 221 g/mol. The van der Waals surface area contributed by atoms with Crippen molar-refractivity contribution in [3.05, 3.63) is 23.2 Å². The number of hydrogen-bond donors (Lipinski definition) is 1. The zero-order valence-corrected chi connectivity index (χ0v) is 9.95. The van der Waals surface area contributed by atoms with Crippen LogP contribution in [0.15, 0.2) is 10.5 Å². The lowest BCUT2D eigenvalue weighted by atomic mass is 9.95. The molecule has 3 unspecified atom stereocenters. The van der Waals surface area contributed by atoms with E-state index >= 15 is 0 Å². The molecule has 2 aliphatic rings. The normalized spacial score (nSPS) is 32.5. The molecular weight excluding hydrogens is 202 g/mol. The Bertz CT molecular complexity index is 385. The van der Waals surface area contributed by atoms with Gasteiger partial charge in [-0.15, -0.1) is 0 Å². The molecule has 3 heteroatoms. The minimum Gasteiger partial charge on any atom is -0.466 e. The summed E-state index contributed by atoms with van der Waals surface area (Å²) < 4.78 is 11.3. The molecule has 0 saturated carbocycles. The molecule has 1 N–H and O–H groups in total. The number of rotatable bonds is 3. The highest BCUT2D eigenvalue weighted by Crippen LogP contribution is 2.34. The van der Waals surface area contributed by atoms with Gasteiger partial charge in [0, 0.05) is 18.2 Å². The third kappa shape index (κ3) is 1.78. The molecule has 0 aromatic carbocycles. The smallest absolute Gasteiger partial charge is 0.105 e. The summed E-state index contributed by atoms with van der Waals surface area (Å²) in [5.41, 5.74) is 1.28. The number of ether oxygens (including phenoxy) is 1. The van der Waals surface area contributed by atoms with Crippen molar-refractivity contribution < 1.29 is 9.15 Å². The van der Waals surface area contributed by atoms with E-state index < -0.39 is 0 Å². The van der Waals surface area contributed by atoms with Crippen LogP contribution in [0, 0.1) is 13.8 Å². The van der Waals surface area contributed by atoms with Crippen LogP contribution in [0.5, 0.6) is 0 Å². The van der Waals surface area contributed by atoms with Crippen molar-refractivity contribution in [1.29, 1.82) is 0 Å². The second-order valence-electron chi connectivity index (χ2n) is 5.04. The van der Waals surface area contributed by atoms with E-state index in [1.165, 1.54) is 24.8 Å².